The summed E-state index contributed by atoms with van der Waals surface area (Å²) in [6, 6.07) is 7.87. The van der Waals surface area contributed by atoms with E-state index in [9.17, 15) is 8.42 Å². The number of ether oxygens (including phenoxy) is 1. The first-order chi connectivity index (χ1) is 8.90. The van der Waals surface area contributed by atoms with Gasteiger partial charge in [-0.15, -0.1) is 0 Å². The van der Waals surface area contributed by atoms with Crippen LogP contribution in [0.3, 0.4) is 0 Å². The summed E-state index contributed by atoms with van der Waals surface area (Å²) in [5.74, 6) is 0.913. The molecule has 0 fully saturated rings. The minimum absolute atomic E-state index is 0.0277. The maximum atomic E-state index is 10.9. The quantitative estimate of drug-likeness (QED) is 0.779. The van der Waals surface area contributed by atoms with E-state index in [0.29, 0.717) is 6.42 Å². The maximum absolute atomic E-state index is 10.9. The van der Waals surface area contributed by atoms with E-state index in [2.05, 4.69) is 0 Å². The first kappa shape index (κ1) is 15.7. The van der Waals surface area contributed by atoms with Gasteiger partial charge < -0.3 is 4.74 Å². The third-order valence-corrected chi connectivity index (χ3v) is 3.77. The molecule has 19 heavy (non-hydrogen) atoms. The fourth-order valence-electron chi connectivity index (χ4n) is 1.77. The number of hydrogen-bond acceptors (Lipinski definition) is 3. The molecule has 0 aliphatic carbocycles. The molecule has 1 aromatic carbocycles. The third-order valence-electron chi connectivity index (χ3n) is 2.73. The second-order valence-corrected chi connectivity index (χ2v) is 6.35. The summed E-state index contributed by atoms with van der Waals surface area (Å²) in [5.41, 5.74) is 1.19. The van der Waals surface area contributed by atoms with Crippen molar-refractivity contribution in [1.29, 1.82) is 0 Å². The van der Waals surface area contributed by atoms with Crippen LogP contribution in [0.5, 0.6) is 5.75 Å². The molecule has 2 N–H and O–H groups in total. The normalized spacial score (nSPS) is 13.6. The highest BCUT2D eigenvalue weighted by molar-refractivity contribution is 7.89. The first-order valence-electron chi connectivity index (χ1n) is 6.19. The Kier molecular flexibility index (Phi) is 6.05. The summed E-state index contributed by atoms with van der Waals surface area (Å²) in [4.78, 5) is 0. The van der Waals surface area contributed by atoms with Gasteiger partial charge in [0.1, 0.15) is 5.75 Å². The van der Waals surface area contributed by atoms with Crippen LogP contribution in [-0.2, 0) is 16.4 Å². The highest BCUT2D eigenvalue weighted by Gasteiger charge is 2.08. The van der Waals surface area contributed by atoms with Gasteiger partial charge in [-0.1, -0.05) is 31.2 Å². The summed E-state index contributed by atoms with van der Waals surface area (Å²) in [6.45, 7) is 1.88. The van der Waals surface area contributed by atoms with Crippen molar-refractivity contribution < 1.29 is 13.2 Å². The van der Waals surface area contributed by atoms with Gasteiger partial charge in [-0.3, -0.25) is 0 Å². The van der Waals surface area contributed by atoms with Crippen LogP contribution in [0.15, 0.2) is 36.4 Å². The van der Waals surface area contributed by atoms with E-state index in [1.54, 1.807) is 7.11 Å². The Morgan fingerprint density at radius 3 is 2.42 bits per heavy atom. The van der Waals surface area contributed by atoms with Gasteiger partial charge in [-0.25, -0.2) is 13.6 Å². The number of rotatable bonds is 7. The molecule has 0 heterocycles. The lowest BCUT2D eigenvalue weighted by molar-refractivity contribution is 0.414. The fraction of sp³-hybridized carbons (Fsp3) is 0.429. The fourth-order valence-corrected chi connectivity index (χ4v) is 2.70. The average molecular weight is 283 g/mol. The topological polar surface area (TPSA) is 69.4 Å². The molecule has 0 amide bonds. The van der Waals surface area contributed by atoms with Gasteiger partial charge in [0.05, 0.1) is 12.9 Å². The van der Waals surface area contributed by atoms with Gasteiger partial charge in [-0.05, 0) is 36.5 Å². The maximum Gasteiger partial charge on any atom is 0.209 e. The summed E-state index contributed by atoms with van der Waals surface area (Å²) < 4.78 is 26.9. The number of sulfonamides is 1. The molecule has 0 spiro atoms. The smallest absolute Gasteiger partial charge is 0.209 e. The molecule has 1 unspecified atom stereocenters. The highest BCUT2D eigenvalue weighted by atomic mass is 32.2. The van der Waals surface area contributed by atoms with E-state index in [4.69, 9.17) is 9.88 Å². The number of methoxy groups -OCH3 is 1. The monoisotopic (exact) mass is 283 g/mol. The van der Waals surface area contributed by atoms with Crippen LogP contribution in [0.2, 0.25) is 0 Å². The van der Waals surface area contributed by atoms with E-state index in [0.717, 1.165) is 12.2 Å². The van der Waals surface area contributed by atoms with Crippen LogP contribution >= 0.6 is 0 Å². The zero-order chi connectivity index (χ0) is 14.3. The summed E-state index contributed by atoms with van der Waals surface area (Å²) in [6.07, 6.45) is 5.58. The number of allylic oxidation sites excluding steroid dienone is 2. The second-order valence-electron chi connectivity index (χ2n) is 4.69. The SMILES string of the molecule is COc1ccc(CC=CCC(C)CS(N)(=O)=O)cc1. The van der Waals surface area contributed by atoms with E-state index < -0.39 is 10.0 Å². The van der Waals surface area contributed by atoms with Crippen molar-refractivity contribution in [1.82, 2.24) is 0 Å². The van der Waals surface area contributed by atoms with E-state index in [1.807, 2.05) is 43.3 Å². The van der Waals surface area contributed by atoms with Crippen molar-refractivity contribution >= 4 is 10.0 Å². The highest BCUT2D eigenvalue weighted by Crippen LogP contribution is 2.12. The van der Waals surface area contributed by atoms with Crippen LogP contribution in [0.25, 0.3) is 0 Å². The minimum atomic E-state index is -3.37. The molecule has 106 valence electrons. The molecule has 1 atom stereocenters. The van der Waals surface area contributed by atoms with Crippen molar-refractivity contribution in [2.24, 2.45) is 11.1 Å². The van der Waals surface area contributed by atoms with E-state index in [-0.39, 0.29) is 11.7 Å². The molecule has 0 aliphatic rings. The van der Waals surface area contributed by atoms with Crippen molar-refractivity contribution in [3.8, 4) is 5.75 Å². The van der Waals surface area contributed by atoms with Crippen molar-refractivity contribution in [2.45, 2.75) is 19.8 Å². The Morgan fingerprint density at radius 2 is 1.89 bits per heavy atom. The summed E-state index contributed by atoms with van der Waals surface area (Å²) in [5, 5.41) is 5.00. The predicted molar refractivity (Wildman–Crippen MR) is 77.6 cm³/mol. The molecule has 0 saturated carbocycles. The Labute approximate surface area is 115 Å². The van der Waals surface area contributed by atoms with Crippen molar-refractivity contribution in [2.75, 3.05) is 12.9 Å². The van der Waals surface area contributed by atoms with Gasteiger partial charge in [0.2, 0.25) is 10.0 Å². The molecular weight excluding hydrogens is 262 g/mol. The molecule has 0 bridgehead atoms. The van der Waals surface area contributed by atoms with Gasteiger partial charge in [0.25, 0.3) is 0 Å². The number of hydrogen-bond donors (Lipinski definition) is 1. The van der Waals surface area contributed by atoms with Crippen LogP contribution in [0.4, 0.5) is 0 Å². The Hall–Kier alpha value is -1.33. The Bertz CT molecular complexity index is 506. The molecule has 0 aliphatic heterocycles. The number of nitrogens with two attached hydrogens (primary N) is 1. The Morgan fingerprint density at radius 1 is 1.26 bits per heavy atom. The lowest BCUT2D eigenvalue weighted by Gasteiger charge is -2.05. The minimum Gasteiger partial charge on any atom is -0.497 e. The largest absolute Gasteiger partial charge is 0.497 e. The van der Waals surface area contributed by atoms with Gasteiger partial charge in [-0.2, -0.15) is 0 Å². The van der Waals surface area contributed by atoms with Crippen LogP contribution in [0, 0.1) is 5.92 Å². The molecular formula is C14H21NO3S. The number of benzene rings is 1. The van der Waals surface area contributed by atoms with E-state index >= 15 is 0 Å². The zero-order valence-corrected chi connectivity index (χ0v) is 12.2. The van der Waals surface area contributed by atoms with Crippen LogP contribution < -0.4 is 9.88 Å². The van der Waals surface area contributed by atoms with Gasteiger partial charge in [0.15, 0.2) is 0 Å². The molecule has 5 heteroatoms. The second kappa shape index (κ2) is 7.31. The van der Waals surface area contributed by atoms with Crippen molar-refractivity contribution in [3.63, 3.8) is 0 Å². The molecule has 1 rings (SSSR count). The van der Waals surface area contributed by atoms with E-state index in [1.165, 1.54) is 5.56 Å². The lowest BCUT2D eigenvalue weighted by atomic mass is 10.1. The predicted octanol–water partition coefficient (Wildman–Crippen LogP) is 2.11. The molecule has 0 aromatic heterocycles. The molecule has 4 nitrogen and oxygen atoms in total. The van der Waals surface area contributed by atoms with Gasteiger partial charge in [0, 0.05) is 0 Å². The lowest BCUT2D eigenvalue weighted by Crippen LogP contribution is -2.21. The van der Waals surface area contributed by atoms with Gasteiger partial charge >= 0.3 is 0 Å². The van der Waals surface area contributed by atoms with Crippen molar-refractivity contribution in [3.05, 3.63) is 42.0 Å². The van der Waals surface area contributed by atoms with Crippen LogP contribution in [0.1, 0.15) is 18.9 Å². The summed E-state index contributed by atoms with van der Waals surface area (Å²) in [7, 11) is -1.73. The molecule has 0 radical (unpaired) electrons. The standard InChI is InChI=1S/C14H21NO3S/c1-12(11-19(15,16)17)5-3-4-6-13-7-9-14(18-2)10-8-13/h3-4,7-10,12H,5-6,11H2,1-2H3,(H2,15,16,17). The first-order valence-corrected chi connectivity index (χ1v) is 7.90. The molecule has 0 saturated heterocycles. The zero-order valence-electron chi connectivity index (χ0n) is 11.4. The average Bonchev–Trinajstić information content (AvgIpc) is 2.33. The third kappa shape index (κ3) is 6.98. The molecule has 1 aromatic rings. The summed E-state index contributed by atoms with van der Waals surface area (Å²) >= 11 is 0. The number of primary sulfonamides is 1. The van der Waals surface area contributed by atoms with Crippen LogP contribution in [-0.4, -0.2) is 21.3 Å². The Balaban J connectivity index is 2.37.